The molecule has 2 rings (SSSR count). The molecule has 25 heavy (non-hydrogen) atoms. The van der Waals surface area contributed by atoms with Crippen LogP contribution >= 0.6 is 0 Å². The van der Waals surface area contributed by atoms with E-state index < -0.39 is 26.1 Å². The maximum Gasteiger partial charge on any atom is 0.501 e. The van der Waals surface area contributed by atoms with Crippen molar-refractivity contribution in [3.63, 3.8) is 0 Å². The fraction of sp³-hybridized carbons (Fsp3) is 0.600. The molecule has 0 aromatic heterocycles. The Morgan fingerprint density at radius 1 is 1.24 bits per heavy atom. The Bertz CT molecular complexity index is 687. The van der Waals surface area contributed by atoms with Gasteiger partial charge in [-0.2, -0.15) is 13.2 Å². The Hall–Kier alpha value is -1.39. The number of likely N-dealkylation sites (tertiary alicyclic amines) is 1. The summed E-state index contributed by atoms with van der Waals surface area (Å²) in [5.74, 6) is -0.896. The van der Waals surface area contributed by atoms with Crippen LogP contribution in [0.4, 0.5) is 23.2 Å². The number of hydrogen-bond acceptors (Lipinski definition) is 5. The molecule has 1 heterocycles. The van der Waals surface area contributed by atoms with E-state index in [0.717, 1.165) is 38.1 Å². The number of rotatable bonds is 6. The molecule has 10 heteroatoms. The van der Waals surface area contributed by atoms with Gasteiger partial charge in [0.2, 0.25) is 0 Å². The molecule has 0 radical (unpaired) electrons. The molecule has 0 aliphatic carbocycles. The van der Waals surface area contributed by atoms with Gasteiger partial charge in [-0.05, 0) is 50.0 Å². The summed E-state index contributed by atoms with van der Waals surface area (Å²) >= 11 is 0. The van der Waals surface area contributed by atoms with Crippen LogP contribution in [0.1, 0.15) is 12.8 Å². The van der Waals surface area contributed by atoms with Gasteiger partial charge in [0.25, 0.3) is 9.84 Å². The minimum Gasteiger partial charge on any atom is -0.395 e. The smallest absolute Gasteiger partial charge is 0.395 e. The van der Waals surface area contributed by atoms with Crippen molar-refractivity contribution >= 4 is 15.5 Å². The van der Waals surface area contributed by atoms with Crippen LogP contribution in [0, 0.1) is 11.7 Å². The van der Waals surface area contributed by atoms with E-state index in [2.05, 4.69) is 10.2 Å². The molecule has 0 unspecified atom stereocenters. The number of piperidine rings is 1. The van der Waals surface area contributed by atoms with Crippen LogP contribution in [0.25, 0.3) is 0 Å². The number of aliphatic hydroxyl groups is 1. The fourth-order valence-electron chi connectivity index (χ4n) is 2.80. The molecule has 1 fully saturated rings. The molecule has 0 bridgehead atoms. The van der Waals surface area contributed by atoms with Crippen LogP contribution in [-0.2, 0) is 9.84 Å². The van der Waals surface area contributed by atoms with Gasteiger partial charge in [-0.15, -0.1) is 0 Å². The molecule has 1 aromatic carbocycles. The van der Waals surface area contributed by atoms with Crippen LogP contribution in [0.5, 0.6) is 0 Å². The Balaban J connectivity index is 2.09. The van der Waals surface area contributed by atoms with Crippen molar-refractivity contribution < 1.29 is 31.1 Å². The minimum atomic E-state index is -5.64. The lowest BCUT2D eigenvalue weighted by molar-refractivity contribution is -0.0435. The first-order chi connectivity index (χ1) is 11.6. The number of benzene rings is 1. The number of nitrogens with one attached hydrogen (secondary N) is 1. The number of nitrogens with zero attached hydrogens (tertiary/aromatic N) is 1. The number of anilines is 1. The summed E-state index contributed by atoms with van der Waals surface area (Å²) in [6, 6.07) is 2.31. The summed E-state index contributed by atoms with van der Waals surface area (Å²) in [6.45, 7) is 2.44. The first-order valence-corrected chi connectivity index (χ1v) is 9.31. The predicted molar refractivity (Wildman–Crippen MR) is 84.4 cm³/mol. The topological polar surface area (TPSA) is 69.6 Å². The molecule has 0 saturated carbocycles. The molecule has 5 nitrogen and oxygen atoms in total. The van der Waals surface area contributed by atoms with Gasteiger partial charge in [0.05, 0.1) is 12.3 Å². The van der Waals surface area contributed by atoms with Gasteiger partial charge in [-0.1, -0.05) is 0 Å². The third-order valence-electron chi connectivity index (χ3n) is 4.24. The second-order valence-corrected chi connectivity index (χ2v) is 7.89. The van der Waals surface area contributed by atoms with Crippen LogP contribution in [-0.4, -0.2) is 56.7 Å². The van der Waals surface area contributed by atoms with E-state index in [0.29, 0.717) is 19.2 Å². The summed E-state index contributed by atoms with van der Waals surface area (Å²) < 4.78 is 74.9. The maximum absolute atomic E-state index is 13.3. The maximum atomic E-state index is 13.3. The minimum absolute atomic E-state index is 0.0666. The molecule has 0 atom stereocenters. The third-order valence-corrected chi connectivity index (χ3v) is 5.77. The molecule has 1 aliphatic heterocycles. The molecular formula is C15H20F4N2O3S. The fourth-order valence-corrected chi connectivity index (χ4v) is 3.75. The summed E-state index contributed by atoms with van der Waals surface area (Å²) in [7, 11) is -5.64. The van der Waals surface area contributed by atoms with Gasteiger partial charge < -0.3 is 15.3 Å². The Morgan fingerprint density at radius 2 is 1.88 bits per heavy atom. The molecule has 1 aliphatic rings. The van der Waals surface area contributed by atoms with Crippen LogP contribution in [0.15, 0.2) is 23.1 Å². The van der Waals surface area contributed by atoms with Crippen molar-refractivity contribution in [1.29, 1.82) is 0 Å². The quantitative estimate of drug-likeness (QED) is 0.737. The lowest BCUT2D eigenvalue weighted by Crippen LogP contribution is -2.37. The standard InChI is InChI=1S/C15H20F4N2O3S/c16-12-1-2-13(14(9-12)25(23,24)15(17,18)19)20-10-11-3-5-21(6-4-11)7-8-22/h1-2,9,11,20,22H,3-8,10H2. The van der Waals surface area contributed by atoms with E-state index in [-0.39, 0.29) is 18.2 Å². The van der Waals surface area contributed by atoms with Gasteiger partial charge >= 0.3 is 5.51 Å². The summed E-state index contributed by atoms with van der Waals surface area (Å²) in [4.78, 5) is 0.978. The Kier molecular flexibility index (Phi) is 6.28. The lowest BCUT2D eigenvalue weighted by Gasteiger charge is -2.31. The van der Waals surface area contributed by atoms with Crippen molar-refractivity contribution in [2.24, 2.45) is 5.92 Å². The highest BCUT2D eigenvalue weighted by Gasteiger charge is 2.48. The van der Waals surface area contributed by atoms with Crippen molar-refractivity contribution in [2.45, 2.75) is 23.2 Å². The molecular weight excluding hydrogens is 364 g/mol. The highest BCUT2D eigenvalue weighted by Crippen LogP contribution is 2.35. The molecule has 0 amide bonds. The van der Waals surface area contributed by atoms with Gasteiger partial charge in [0.1, 0.15) is 10.7 Å². The molecule has 0 spiro atoms. The van der Waals surface area contributed by atoms with Crippen LogP contribution < -0.4 is 5.32 Å². The summed E-state index contributed by atoms with van der Waals surface area (Å²) in [6.07, 6.45) is 1.55. The third kappa shape index (κ3) is 4.83. The Labute approximate surface area is 143 Å². The van der Waals surface area contributed by atoms with Crippen LogP contribution in [0.2, 0.25) is 0 Å². The molecule has 1 saturated heterocycles. The SMILES string of the molecule is O=S(=O)(c1cc(F)ccc1NCC1CCN(CCO)CC1)C(F)(F)F. The Morgan fingerprint density at radius 3 is 2.44 bits per heavy atom. The van der Waals surface area contributed by atoms with Crippen molar-refractivity contribution in [3.05, 3.63) is 24.0 Å². The van der Waals surface area contributed by atoms with E-state index in [9.17, 15) is 26.0 Å². The average molecular weight is 384 g/mol. The number of aliphatic hydroxyl groups excluding tert-OH is 1. The van der Waals surface area contributed by atoms with Gasteiger partial charge in [-0.3, -0.25) is 0 Å². The van der Waals surface area contributed by atoms with Gasteiger partial charge in [0.15, 0.2) is 0 Å². The first-order valence-electron chi connectivity index (χ1n) is 7.83. The number of sulfone groups is 1. The van der Waals surface area contributed by atoms with E-state index in [4.69, 9.17) is 5.11 Å². The zero-order valence-electron chi connectivity index (χ0n) is 13.4. The molecule has 1 aromatic rings. The van der Waals surface area contributed by atoms with Crippen LogP contribution in [0.3, 0.4) is 0 Å². The van der Waals surface area contributed by atoms with E-state index in [1.54, 1.807) is 0 Å². The highest BCUT2D eigenvalue weighted by atomic mass is 32.2. The number of hydrogen-bond donors (Lipinski definition) is 2. The average Bonchev–Trinajstić information content (AvgIpc) is 2.54. The second-order valence-electron chi connectivity index (χ2n) is 5.98. The van der Waals surface area contributed by atoms with Crippen molar-refractivity contribution in [2.75, 3.05) is 38.1 Å². The van der Waals surface area contributed by atoms with Gasteiger partial charge in [-0.25, -0.2) is 12.8 Å². The lowest BCUT2D eigenvalue weighted by atomic mass is 9.97. The predicted octanol–water partition coefficient (Wildman–Crippen LogP) is 2.24. The summed E-state index contributed by atoms with van der Waals surface area (Å²) in [5, 5.41) is 11.6. The largest absolute Gasteiger partial charge is 0.501 e. The monoisotopic (exact) mass is 384 g/mol. The van der Waals surface area contributed by atoms with E-state index >= 15 is 0 Å². The van der Waals surface area contributed by atoms with E-state index in [1.807, 2.05) is 0 Å². The highest BCUT2D eigenvalue weighted by molar-refractivity contribution is 7.92. The number of alkyl halides is 3. The van der Waals surface area contributed by atoms with Gasteiger partial charge in [0, 0.05) is 13.1 Å². The van der Waals surface area contributed by atoms with Crippen molar-refractivity contribution in [1.82, 2.24) is 4.90 Å². The second kappa shape index (κ2) is 7.88. The summed E-state index contributed by atoms with van der Waals surface area (Å²) in [5.41, 5.74) is -5.75. The number of halogens is 4. The zero-order chi connectivity index (χ0) is 18.7. The number of β-amino-alcohol motifs (C(OH)–C–C–N with tert-alkyl or cyclic N) is 1. The molecule has 142 valence electrons. The zero-order valence-corrected chi connectivity index (χ0v) is 14.2. The van der Waals surface area contributed by atoms with Crippen molar-refractivity contribution in [3.8, 4) is 0 Å². The van der Waals surface area contributed by atoms with E-state index in [1.165, 1.54) is 0 Å². The first kappa shape index (κ1) is 19.9. The normalized spacial score (nSPS) is 17.6. The molecule has 2 N–H and O–H groups in total.